The second-order valence-electron chi connectivity index (χ2n) is 5.31. The number of hydrogen-bond acceptors (Lipinski definition) is 5. The molecule has 1 aliphatic carbocycles. The van der Waals surface area contributed by atoms with Crippen molar-refractivity contribution in [2.24, 2.45) is 11.1 Å². The van der Waals surface area contributed by atoms with Gasteiger partial charge in [0.2, 0.25) is 5.91 Å². The molecular weight excluding hydrogens is 262 g/mol. The Kier molecular flexibility index (Phi) is 4.33. The van der Waals surface area contributed by atoms with Gasteiger partial charge in [0, 0.05) is 13.1 Å². The monoisotopic (exact) mass is 281 g/mol. The molecule has 1 fully saturated rings. The van der Waals surface area contributed by atoms with Crippen molar-refractivity contribution in [3.05, 3.63) is 11.9 Å². The zero-order chi connectivity index (χ0) is 14.6. The van der Waals surface area contributed by atoms with Gasteiger partial charge in [0.05, 0.1) is 18.3 Å². The molecule has 8 heteroatoms. The summed E-state index contributed by atoms with van der Waals surface area (Å²) in [6, 6.07) is 0. The van der Waals surface area contributed by atoms with Gasteiger partial charge in [0.15, 0.2) is 0 Å². The maximum atomic E-state index is 11.8. The molecule has 0 saturated heterocycles. The summed E-state index contributed by atoms with van der Waals surface area (Å²) in [6.45, 7) is 0.746. The number of carbonyl (C=O) groups is 2. The van der Waals surface area contributed by atoms with E-state index in [1.54, 1.807) is 6.20 Å². The molecule has 2 rings (SSSR count). The van der Waals surface area contributed by atoms with Gasteiger partial charge in [0.25, 0.3) is 0 Å². The minimum absolute atomic E-state index is 0.0656. The summed E-state index contributed by atoms with van der Waals surface area (Å²) in [5.74, 6) is -1.02. The molecule has 1 aromatic heterocycles. The van der Waals surface area contributed by atoms with Crippen molar-refractivity contribution >= 4 is 11.9 Å². The van der Waals surface area contributed by atoms with E-state index in [-0.39, 0.29) is 30.8 Å². The molecule has 1 amide bonds. The van der Waals surface area contributed by atoms with E-state index in [0.29, 0.717) is 12.2 Å². The number of carboxylic acids is 1. The number of nitrogens with zero attached hydrogens (tertiary/aromatic N) is 3. The number of hydrogen-bond donors (Lipinski definition) is 3. The second kappa shape index (κ2) is 6.00. The normalized spacial score (nSPS) is 16.4. The van der Waals surface area contributed by atoms with Crippen LogP contribution in [0.3, 0.4) is 0 Å². The number of amides is 1. The highest BCUT2D eigenvalue weighted by molar-refractivity contribution is 5.75. The molecule has 0 radical (unpaired) electrons. The number of carbonyl (C=O) groups excluding carboxylic acids is 1. The third-order valence-electron chi connectivity index (χ3n) is 3.70. The highest BCUT2D eigenvalue weighted by Crippen LogP contribution is 2.43. The summed E-state index contributed by atoms with van der Waals surface area (Å²) in [7, 11) is 0. The van der Waals surface area contributed by atoms with E-state index in [1.165, 1.54) is 4.68 Å². The van der Waals surface area contributed by atoms with Gasteiger partial charge in [-0.05, 0) is 18.3 Å². The lowest BCUT2D eigenvalue weighted by molar-refractivity contribution is -0.141. The number of nitrogens with two attached hydrogens (primary N) is 1. The summed E-state index contributed by atoms with van der Waals surface area (Å²) in [6.07, 6.45) is 4.44. The van der Waals surface area contributed by atoms with Gasteiger partial charge < -0.3 is 16.2 Å². The van der Waals surface area contributed by atoms with Crippen LogP contribution in [0.1, 0.15) is 31.4 Å². The van der Waals surface area contributed by atoms with E-state index < -0.39 is 5.97 Å². The lowest BCUT2D eigenvalue weighted by Crippen LogP contribution is -2.44. The Bertz CT molecular complexity index is 495. The topological polar surface area (TPSA) is 123 Å². The van der Waals surface area contributed by atoms with E-state index in [9.17, 15) is 9.59 Å². The summed E-state index contributed by atoms with van der Waals surface area (Å²) < 4.78 is 1.42. The van der Waals surface area contributed by atoms with Crippen molar-refractivity contribution in [1.82, 2.24) is 20.3 Å². The molecule has 0 unspecified atom stereocenters. The second-order valence-corrected chi connectivity index (χ2v) is 5.31. The molecule has 1 aliphatic rings. The zero-order valence-corrected chi connectivity index (χ0v) is 11.2. The van der Waals surface area contributed by atoms with E-state index in [4.69, 9.17) is 10.8 Å². The van der Waals surface area contributed by atoms with E-state index in [1.807, 2.05) is 0 Å². The lowest BCUT2D eigenvalue weighted by atomic mass is 9.66. The van der Waals surface area contributed by atoms with Gasteiger partial charge >= 0.3 is 5.97 Å². The first kappa shape index (κ1) is 14.4. The Balaban J connectivity index is 1.81. The van der Waals surface area contributed by atoms with Crippen molar-refractivity contribution in [3.63, 3.8) is 0 Å². The molecule has 0 spiro atoms. The van der Waals surface area contributed by atoms with Gasteiger partial charge in [-0.3, -0.25) is 9.59 Å². The van der Waals surface area contributed by atoms with Crippen LogP contribution in [0.4, 0.5) is 0 Å². The molecule has 4 N–H and O–H groups in total. The fourth-order valence-corrected chi connectivity index (χ4v) is 2.41. The van der Waals surface area contributed by atoms with Crippen molar-refractivity contribution in [1.29, 1.82) is 0 Å². The minimum atomic E-state index is -0.817. The molecule has 0 atom stereocenters. The van der Waals surface area contributed by atoms with Crippen LogP contribution >= 0.6 is 0 Å². The summed E-state index contributed by atoms with van der Waals surface area (Å²) in [5, 5.41) is 19.3. The predicted molar refractivity (Wildman–Crippen MR) is 69.5 cm³/mol. The molecule has 20 heavy (non-hydrogen) atoms. The van der Waals surface area contributed by atoms with E-state index >= 15 is 0 Å². The van der Waals surface area contributed by atoms with Gasteiger partial charge in [-0.25, -0.2) is 4.68 Å². The van der Waals surface area contributed by atoms with Crippen LogP contribution in [0, 0.1) is 5.41 Å². The standard InChI is InChI=1S/C12H19N5O3/c13-5-9-6-17(16-15-9)7-10(18)14-8-12(2-1-3-12)4-11(19)20/h6H,1-5,7-8,13H2,(H,14,18)(H,19,20). The highest BCUT2D eigenvalue weighted by Gasteiger charge is 2.39. The fourth-order valence-electron chi connectivity index (χ4n) is 2.41. The molecule has 0 aromatic carbocycles. The molecular formula is C12H19N5O3. The smallest absolute Gasteiger partial charge is 0.303 e. The lowest BCUT2D eigenvalue weighted by Gasteiger charge is -2.40. The van der Waals surface area contributed by atoms with Crippen molar-refractivity contribution in [2.45, 2.75) is 38.8 Å². The summed E-state index contributed by atoms with van der Waals surface area (Å²) in [5.41, 5.74) is 5.76. The van der Waals surface area contributed by atoms with Crippen LogP contribution in [0.2, 0.25) is 0 Å². The Morgan fingerprint density at radius 2 is 2.25 bits per heavy atom. The third-order valence-corrected chi connectivity index (χ3v) is 3.70. The maximum Gasteiger partial charge on any atom is 0.303 e. The molecule has 0 bridgehead atoms. The van der Waals surface area contributed by atoms with Crippen molar-refractivity contribution in [3.8, 4) is 0 Å². The Hall–Kier alpha value is -1.96. The number of aliphatic carboxylic acids is 1. The molecule has 1 heterocycles. The van der Waals surface area contributed by atoms with Gasteiger partial charge in [-0.2, -0.15) is 0 Å². The Morgan fingerprint density at radius 1 is 1.50 bits per heavy atom. The molecule has 1 aromatic rings. The number of nitrogens with one attached hydrogen (secondary N) is 1. The SMILES string of the molecule is NCc1cn(CC(=O)NCC2(CC(=O)O)CCC2)nn1. The van der Waals surface area contributed by atoms with Crippen molar-refractivity contribution < 1.29 is 14.7 Å². The highest BCUT2D eigenvalue weighted by atomic mass is 16.4. The van der Waals surface area contributed by atoms with Crippen LogP contribution in [0.5, 0.6) is 0 Å². The van der Waals surface area contributed by atoms with Gasteiger partial charge in [0.1, 0.15) is 6.54 Å². The van der Waals surface area contributed by atoms with Gasteiger partial charge in [-0.15, -0.1) is 5.10 Å². The maximum absolute atomic E-state index is 11.8. The minimum Gasteiger partial charge on any atom is -0.481 e. The Labute approximate surface area is 116 Å². The molecule has 110 valence electrons. The van der Waals surface area contributed by atoms with Gasteiger partial charge in [-0.1, -0.05) is 11.6 Å². The zero-order valence-electron chi connectivity index (χ0n) is 11.2. The van der Waals surface area contributed by atoms with Crippen molar-refractivity contribution in [2.75, 3.05) is 6.54 Å². The number of rotatable bonds is 7. The van der Waals surface area contributed by atoms with Crippen LogP contribution in [0.15, 0.2) is 6.20 Å². The quantitative estimate of drug-likeness (QED) is 0.619. The fraction of sp³-hybridized carbons (Fsp3) is 0.667. The first-order valence-corrected chi connectivity index (χ1v) is 6.61. The number of carboxylic acid groups (broad SMARTS) is 1. The summed E-state index contributed by atoms with van der Waals surface area (Å²) >= 11 is 0. The first-order chi connectivity index (χ1) is 9.53. The predicted octanol–water partition coefficient (Wildman–Crippen LogP) is -0.502. The third kappa shape index (κ3) is 3.53. The van der Waals surface area contributed by atoms with Crippen LogP contribution in [-0.4, -0.2) is 38.5 Å². The average molecular weight is 281 g/mol. The largest absolute Gasteiger partial charge is 0.481 e. The molecule has 8 nitrogen and oxygen atoms in total. The number of aromatic nitrogens is 3. The van der Waals surface area contributed by atoms with E-state index in [2.05, 4.69) is 15.6 Å². The first-order valence-electron chi connectivity index (χ1n) is 6.61. The van der Waals surface area contributed by atoms with Crippen LogP contribution in [0.25, 0.3) is 0 Å². The Morgan fingerprint density at radius 3 is 2.75 bits per heavy atom. The van der Waals surface area contributed by atoms with E-state index in [0.717, 1.165) is 19.3 Å². The van der Waals surface area contributed by atoms with Crippen LogP contribution < -0.4 is 11.1 Å². The molecule has 0 aliphatic heterocycles. The molecule has 1 saturated carbocycles. The average Bonchev–Trinajstić information content (AvgIpc) is 2.79. The van der Waals surface area contributed by atoms with Crippen LogP contribution in [-0.2, 0) is 22.7 Å². The summed E-state index contributed by atoms with van der Waals surface area (Å²) in [4.78, 5) is 22.6.